The van der Waals surface area contributed by atoms with Crippen LogP contribution >= 0.6 is 0 Å². The van der Waals surface area contributed by atoms with Gasteiger partial charge >= 0.3 is 5.97 Å². The van der Waals surface area contributed by atoms with Gasteiger partial charge in [0.2, 0.25) is 5.91 Å². The van der Waals surface area contributed by atoms with Gasteiger partial charge in [0, 0.05) is 17.9 Å². The van der Waals surface area contributed by atoms with Crippen molar-refractivity contribution >= 4 is 17.7 Å². The molecule has 8 heteroatoms. The van der Waals surface area contributed by atoms with E-state index in [4.69, 9.17) is 4.74 Å². The molecule has 0 unspecified atom stereocenters. The molecule has 0 radical (unpaired) electrons. The summed E-state index contributed by atoms with van der Waals surface area (Å²) in [4.78, 5) is 23.8. The summed E-state index contributed by atoms with van der Waals surface area (Å²) in [5.74, 6) is -2.75. The van der Waals surface area contributed by atoms with E-state index in [0.29, 0.717) is 22.6 Å². The van der Waals surface area contributed by atoms with E-state index in [1.165, 1.54) is 10.7 Å². The number of amides is 1. The quantitative estimate of drug-likeness (QED) is 0.861. The molecular formula is C17H17F2N3O3. The van der Waals surface area contributed by atoms with Crippen LogP contribution in [0.5, 0.6) is 0 Å². The normalized spacial score (nSPS) is 16.3. The number of benzene rings is 1. The molecule has 0 saturated carbocycles. The number of nitrogens with one attached hydrogen (secondary N) is 1. The van der Waals surface area contributed by atoms with Crippen molar-refractivity contribution in [1.82, 2.24) is 9.78 Å². The number of esters is 1. The Hall–Kier alpha value is -2.77. The fraction of sp³-hybridized carbons (Fsp3) is 0.353. The summed E-state index contributed by atoms with van der Waals surface area (Å²) in [6.45, 7) is 3.54. The average molecular weight is 349 g/mol. The van der Waals surface area contributed by atoms with Gasteiger partial charge in [0.25, 0.3) is 0 Å². The molecule has 0 spiro atoms. The summed E-state index contributed by atoms with van der Waals surface area (Å²) >= 11 is 0. The SMILES string of the molecule is CCOC(=O)Cn1nc(C)c2c1NC(=O)C[C@H]2c1ccc(F)c(F)c1. The summed E-state index contributed by atoms with van der Waals surface area (Å²) in [5, 5.41) is 7.01. The van der Waals surface area contributed by atoms with Crippen LogP contribution < -0.4 is 5.32 Å². The van der Waals surface area contributed by atoms with Crippen molar-refractivity contribution in [2.75, 3.05) is 11.9 Å². The largest absolute Gasteiger partial charge is 0.465 e. The molecule has 2 heterocycles. The van der Waals surface area contributed by atoms with Crippen molar-refractivity contribution in [3.05, 3.63) is 46.7 Å². The lowest BCUT2D eigenvalue weighted by Crippen LogP contribution is -2.26. The topological polar surface area (TPSA) is 73.2 Å². The van der Waals surface area contributed by atoms with Crippen LogP contribution in [0.15, 0.2) is 18.2 Å². The lowest BCUT2D eigenvalue weighted by Gasteiger charge is -2.24. The molecule has 0 bridgehead atoms. The summed E-state index contributed by atoms with van der Waals surface area (Å²) < 4.78 is 33.1. The van der Waals surface area contributed by atoms with Crippen molar-refractivity contribution in [1.29, 1.82) is 0 Å². The Labute approximate surface area is 142 Å². The van der Waals surface area contributed by atoms with E-state index in [-0.39, 0.29) is 25.5 Å². The predicted molar refractivity (Wildman–Crippen MR) is 85.0 cm³/mol. The van der Waals surface area contributed by atoms with Crippen molar-refractivity contribution in [2.45, 2.75) is 32.7 Å². The molecule has 1 aromatic carbocycles. The highest BCUT2D eigenvalue weighted by Gasteiger charge is 2.33. The number of aromatic nitrogens is 2. The predicted octanol–water partition coefficient (Wildman–Crippen LogP) is 2.51. The molecule has 1 amide bonds. The second-order valence-electron chi connectivity index (χ2n) is 5.79. The number of carbonyl (C=O) groups is 2. The molecular weight excluding hydrogens is 332 g/mol. The van der Waals surface area contributed by atoms with E-state index >= 15 is 0 Å². The number of nitrogens with zero attached hydrogens (tertiary/aromatic N) is 2. The highest BCUT2D eigenvalue weighted by atomic mass is 19.2. The second kappa shape index (κ2) is 6.62. The van der Waals surface area contributed by atoms with Gasteiger partial charge in [-0.15, -0.1) is 0 Å². The third-order valence-electron chi connectivity index (χ3n) is 4.10. The molecule has 1 aliphatic heterocycles. The maximum absolute atomic E-state index is 13.6. The molecule has 25 heavy (non-hydrogen) atoms. The van der Waals surface area contributed by atoms with Crippen LogP contribution in [0, 0.1) is 18.6 Å². The van der Waals surface area contributed by atoms with Gasteiger partial charge in [-0.1, -0.05) is 6.07 Å². The molecule has 1 aliphatic rings. The molecule has 0 aliphatic carbocycles. The smallest absolute Gasteiger partial charge is 0.327 e. The van der Waals surface area contributed by atoms with Gasteiger partial charge in [0.05, 0.1) is 12.3 Å². The van der Waals surface area contributed by atoms with Crippen LogP contribution in [-0.2, 0) is 20.9 Å². The van der Waals surface area contributed by atoms with Crippen LogP contribution in [0.25, 0.3) is 0 Å². The lowest BCUT2D eigenvalue weighted by atomic mass is 9.86. The molecule has 3 rings (SSSR count). The molecule has 0 fully saturated rings. The number of aryl methyl sites for hydroxylation is 1. The van der Waals surface area contributed by atoms with Gasteiger partial charge in [-0.3, -0.25) is 9.59 Å². The van der Waals surface area contributed by atoms with Gasteiger partial charge < -0.3 is 10.1 Å². The van der Waals surface area contributed by atoms with E-state index < -0.39 is 23.5 Å². The first-order valence-electron chi connectivity index (χ1n) is 7.88. The number of halogens is 2. The molecule has 2 aromatic rings. The first-order chi connectivity index (χ1) is 11.9. The summed E-state index contributed by atoms with van der Waals surface area (Å²) in [6, 6.07) is 3.58. The molecule has 6 nitrogen and oxygen atoms in total. The maximum atomic E-state index is 13.6. The fourth-order valence-electron chi connectivity index (χ4n) is 3.07. The van der Waals surface area contributed by atoms with Gasteiger partial charge in [0.1, 0.15) is 12.4 Å². The van der Waals surface area contributed by atoms with E-state index in [0.717, 1.165) is 12.1 Å². The van der Waals surface area contributed by atoms with Crippen LogP contribution in [-0.4, -0.2) is 28.3 Å². The number of carbonyl (C=O) groups excluding carboxylic acids is 2. The zero-order valence-electron chi connectivity index (χ0n) is 13.8. The van der Waals surface area contributed by atoms with Gasteiger partial charge in [-0.05, 0) is 31.5 Å². The Morgan fingerprint density at radius 1 is 1.40 bits per heavy atom. The van der Waals surface area contributed by atoms with Gasteiger partial charge in [-0.25, -0.2) is 13.5 Å². The van der Waals surface area contributed by atoms with Crippen molar-refractivity contribution in [3.63, 3.8) is 0 Å². The third kappa shape index (κ3) is 3.24. The number of fused-ring (bicyclic) bond motifs is 1. The van der Waals surface area contributed by atoms with E-state index in [2.05, 4.69) is 10.4 Å². The Bertz CT molecular complexity index is 848. The summed E-state index contributed by atoms with van der Waals surface area (Å²) in [6.07, 6.45) is 0.0873. The Morgan fingerprint density at radius 3 is 2.84 bits per heavy atom. The first kappa shape index (κ1) is 17.1. The molecule has 0 saturated heterocycles. The van der Waals surface area contributed by atoms with Crippen molar-refractivity contribution in [3.8, 4) is 0 Å². The number of hydrogen-bond acceptors (Lipinski definition) is 4. The fourth-order valence-corrected chi connectivity index (χ4v) is 3.07. The maximum Gasteiger partial charge on any atom is 0.327 e. The summed E-state index contributed by atoms with van der Waals surface area (Å²) in [7, 11) is 0. The van der Waals surface area contributed by atoms with Crippen LogP contribution in [0.3, 0.4) is 0 Å². The zero-order valence-corrected chi connectivity index (χ0v) is 13.8. The monoisotopic (exact) mass is 349 g/mol. The highest BCUT2D eigenvalue weighted by Crippen LogP contribution is 2.39. The number of anilines is 1. The van der Waals surface area contributed by atoms with Crippen LogP contribution in [0.4, 0.5) is 14.6 Å². The lowest BCUT2D eigenvalue weighted by molar-refractivity contribution is -0.144. The third-order valence-corrected chi connectivity index (χ3v) is 4.10. The van der Waals surface area contributed by atoms with Gasteiger partial charge in [-0.2, -0.15) is 5.10 Å². The van der Waals surface area contributed by atoms with Crippen molar-refractivity contribution < 1.29 is 23.1 Å². The second-order valence-corrected chi connectivity index (χ2v) is 5.79. The van der Waals surface area contributed by atoms with Crippen LogP contribution in [0.1, 0.15) is 36.1 Å². The van der Waals surface area contributed by atoms with Gasteiger partial charge in [0.15, 0.2) is 11.6 Å². The molecule has 1 N–H and O–H groups in total. The average Bonchev–Trinajstić information content (AvgIpc) is 2.85. The molecule has 1 aromatic heterocycles. The summed E-state index contributed by atoms with van der Waals surface area (Å²) in [5.41, 5.74) is 1.78. The van der Waals surface area contributed by atoms with Crippen LogP contribution in [0.2, 0.25) is 0 Å². The first-order valence-corrected chi connectivity index (χ1v) is 7.88. The number of ether oxygens (including phenoxy) is 1. The van der Waals surface area contributed by atoms with Crippen molar-refractivity contribution in [2.24, 2.45) is 0 Å². The zero-order chi connectivity index (χ0) is 18.1. The van der Waals surface area contributed by atoms with E-state index in [9.17, 15) is 18.4 Å². The Kier molecular flexibility index (Phi) is 4.52. The highest BCUT2D eigenvalue weighted by molar-refractivity contribution is 5.94. The van der Waals surface area contributed by atoms with E-state index in [1.807, 2.05) is 0 Å². The Morgan fingerprint density at radius 2 is 2.16 bits per heavy atom. The minimum atomic E-state index is -0.971. The molecule has 1 atom stereocenters. The minimum absolute atomic E-state index is 0.0873. The number of hydrogen-bond donors (Lipinski definition) is 1. The Balaban J connectivity index is 2.03. The molecule has 132 valence electrons. The van der Waals surface area contributed by atoms with E-state index in [1.54, 1.807) is 13.8 Å². The minimum Gasteiger partial charge on any atom is -0.465 e. The number of rotatable bonds is 4. The standard InChI is InChI=1S/C17H17F2N3O3/c1-3-25-15(24)8-22-17-16(9(2)21-22)11(7-14(23)20-17)10-4-5-12(18)13(19)6-10/h4-6,11H,3,7-8H2,1-2H3,(H,20,23)/t11-/m0/s1.